The Bertz CT molecular complexity index is 934. The van der Waals surface area contributed by atoms with Gasteiger partial charge in [0.2, 0.25) is 0 Å². The first-order valence-corrected chi connectivity index (χ1v) is 10.8. The van der Waals surface area contributed by atoms with E-state index < -0.39 is 0 Å². The quantitative estimate of drug-likeness (QED) is 0.763. The van der Waals surface area contributed by atoms with E-state index in [0.29, 0.717) is 5.17 Å². The van der Waals surface area contributed by atoms with Gasteiger partial charge in [0.1, 0.15) is 0 Å². The zero-order valence-electron chi connectivity index (χ0n) is 15.6. The van der Waals surface area contributed by atoms with Gasteiger partial charge < -0.3 is 10.5 Å². The van der Waals surface area contributed by atoms with Gasteiger partial charge in [-0.25, -0.2) is 0 Å². The number of nitrogens with zero attached hydrogens (tertiary/aromatic N) is 2. The first-order chi connectivity index (χ1) is 13.0. The topological polar surface area (TPSA) is 60.5 Å². The number of hydrogen-bond acceptors (Lipinski definition) is 6. The number of amidine groups is 1. The predicted molar refractivity (Wildman–Crippen MR) is 114 cm³/mol. The van der Waals surface area contributed by atoms with Crippen LogP contribution in [-0.2, 0) is 10.3 Å². The molecular formula is C21H23N3OS2. The van der Waals surface area contributed by atoms with Crippen molar-refractivity contribution in [2.45, 2.75) is 43.4 Å². The minimum absolute atomic E-state index is 0.0428. The van der Waals surface area contributed by atoms with Crippen LogP contribution >= 0.6 is 23.1 Å². The van der Waals surface area contributed by atoms with Gasteiger partial charge in [0, 0.05) is 39.8 Å². The maximum Gasteiger partial charge on any atom is 0.155 e. The maximum atomic E-state index is 6.26. The molecule has 1 fully saturated rings. The molecule has 0 aromatic carbocycles. The molecule has 2 atom stereocenters. The summed E-state index contributed by atoms with van der Waals surface area (Å²) >= 11 is 3.44. The molecule has 0 radical (unpaired) electrons. The number of hydrogen-bond donors (Lipinski definition) is 1. The van der Waals surface area contributed by atoms with Gasteiger partial charge in [-0.1, -0.05) is 17.7 Å². The van der Waals surface area contributed by atoms with E-state index in [0.717, 1.165) is 49.2 Å². The van der Waals surface area contributed by atoms with Crippen molar-refractivity contribution in [3.63, 3.8) is 0 Å². The van der Waals surface area contributed by atoms with Crippen molar-refractivity contribution in [2.75, 3.05) is 13.2 Å². The zero-order chi connectivity index (χ0) is 18.9. The number of rotatable bonds is 2. The summed E-state index contributed by atoms with van der Waals surface area (Å²) in [5.41, 5.74) is 9.12. The lowest BCUT2D eigenvalue weighted by atomic mass is 9.84. The number of pyridine rings is 1. The lowest BCUT2D eigenvalue weighted by Crippen LogP contribution is -2.46. The van der Waals surface area contributed by atoms with Crippen LogP contribution in [0.15, 0.2) is 34.9 Å². The highest BCUT2D eigenvalue weighted by molar-refractivity contribution is 8.15. The molecule has 2 N–H and O–H groups in total. The van der Waals surface area contributed by atoms with E-state index >= 15 is 0 Å². The van der Waals surface area contributed by atoms with Gasteiger partial charge in [0.25, 0.3) is 0 Å². The molecular weight excluding hydrogens is 374 g/mol. The van der Waals surface area contributed by atoms with Gasteiger partial charge in [-0.3, -0.25) is 9.98 Å². The molecule has 2 aromatic rings. The van der Waals surface area contributed by atoms with Crippen LogP contribution in [0, 0.1) is 11.8 Å². The monoisotopic (exact) mass is 397 g/mol. The highest BCUT2D eigenvalue weighted by Gasteiger charge is 2.46. The standard InChI is InChI=1S/C21H23N3OS2/c1-3-5-15-8-16(11-23-10-15)17-9-18(26-12-17)20(2)13-21(27-19(22)24-20)6-4-7-25-14-21/h8-12H,4,6-7,13-14H2,1-2H3,(H2,22,24). The maximum absolute atomic E-state index is 6.26. The van der Waals surface area contributed by atoms with Gasteiger partial charge in [0.05, 0.1) is 12.1 Å². The highest BCUT2D eigenvalue weighted by atomic mass is 32.2. The van der Waals surface area contributed by atoms with Crippen molar-refractivity contribution in [1.82, 2.24) is 4.98 Å². The molecule has 140 valence electrons. The number of thiophene rings is 1. The van der Waals surface area contributed by atoms with E-state index in [9.17, 15) is 0 Å². The van der Waals surface area contributed by atoms with E-state index in [1.54, 1.807) is 29.3 Å². The van der Waals surface area contributed by atoms with Crippen molar-refractivity contribution in [3.8, 4) is 23.0 Å². The minimum Gasteiger partial charge on any atom is -0.380 e. The minimum atomic E-state index is -0.312. The van der Waals surface area contributed by atoms with Crippen molar-refractivity contribution in [1.29, 1.82) is 0 Å². The summed E-state index contributed by atoms with van der Waals surface area (Å²) in [6.45, 7) is 5.64. The Morgan fingerprint density at radius 1 is 1.26 bits per heavy atom. The Hall–Kier alpha value is -1.81. The third-order valence-electron chi connectivity index (χ3n) is 5.10. The molecule has 2 aromatic heterocycles. The molecule has 0 bridgehead atoms. The third kappa shape index (κ3) is 3.77. The van der Waals surface area contributed by atoms with E-state index in [1.807, 2.05) is 13.1 Å². The van der Waals surface area contributed by atoms with Crippen molar-refractivity contribution in [2.24, 2.45) is 10.7 Å². The van der Waals surface area contributed by atoms with Crippen LogP contribution < -0.4 is 5.73 Å². The van der Waals surface area contributed by atoms with E-state index in [1.165, 1.54) is 4.88 Å². The van der Waals surface area contributed by atoms with Crippen LogP contribution in [0.25, 0.3) is 11.1 Å². The number of ether oxygens (including phenoxy) is 1. The first kappa shape index (κ1) is 18.5. The molecule has 1 saturated heterocycles. The Morgan fingerprint density at radius 3 is 2.93 bits per heavy atom. The molecule has 0 amide bonds. The first-order valence-electron chi connectivity index (χ1n) is 9.11. The second-order valence-electron chi connectivity index (χ2n) is 7.38. The lowest BCUT2D eigenvalue weighted by molar-refractivity contribution is 0.0591. The number of thioether (sulfide) groups is 1. The molecule has 2 aliphatic heterocycles. The Labute approximate surface area is 168 Å². The molecule has 2 aliphatic rings. The summed E-state index contributed by atoms with van der Waals surface area (Å²) in [4.78, 5) is 10.4. The van der Waals surface area contributed by atoms with Crippen LogP contribution in [0.4, 0.5) is 0 Å². The smallest absolute Gasteiger partial charge is 0.155 e. The summed E-state index contributed by atoms with van der Waals surface area (Å²) in [7, 11) is 0. The summed E-state index contributed by atoms with van der Waals surface area (Å²) in [6.07, 6.45) is 6.85. The largest absolute Gasteiger partial charge is 0.380 e. The number of aliphatic imine (C=N–C) groups is 1. The summed E-state index contributed by atoms with van der Waals surface area (Å²) in [5, 5.41) is 2.85. The van der Waals surface area contributed by atoms with E-state index in [-0.39, 0.29) is 10.3 Å². The van der Waals surface area contributed by atoms with Crippen LogP contribution in [0.5, 0.6) is 0 Å². The molecule has 27 heavy (non-hydrogen) atoms. The molecule has 4 rings (SSSR count). The summed E-state index contributed by atoms with van der Waals surface area (Å²) < 4.78 is 5.84. The fourth-order valence-electron chi connectivity index (χ4n) is 3.96. The zero-order valence-corrected chi connectivity index (χ0v) is 17.3. The van der Waals surface area contributed by atoms with E-state index in [4.69, 9.17) is 15.5 Å². The van der Waals surface area contributed by atoms with Crippen molar-refractivity contribution >= 4 is 28.3 Å². The fourth-order valence-corrected chi connectivity index (χ4v) is 6.42. The molecule has 2 unspecified atom stereocenters. The molecule has 0 aliphatic carbocycles. The van der Waals surface area contributed by atoms with Gasteiger partial charge >= 0.3 is 0 Å². The SMILES string of the molecule is CC#Cc1cncc(-c2csc(C3(C)CC4(CCCOC4)SC(N)=N3)c2)c1. The molecule has 1 spiro atoms. The Kier molecular flexibility index (Phi) is 5.02. The lowest BCUT2D eigenvalue weighted by Gasteiger charge is -2.44. The van der Waals surface area contributed by atoms with Crippen LogP contribution in [0.2, 0.25) is 0 Å². The predicted octanol–water partition coefficient (Wildman–Crippen LogP) is 4.40. The van der Waals surface area contributed by atoms with Gasteiger partial charge in [-0.05, 0) is 56.2 Å². The number of aromatic nitrogens is 1. The number of nitrogens with two attached hydrogens (primary N) is 1. The van der Waals surface area contributed by atoms with Crippen LogP contribution in [0.3, 0.4) is 0 Å². The van der Waals surface area contributed by atoms with Gasteiger partial charge in [-0.2, -0.15) is 0 Å². The summed E-state index contributed by atoms with van der Waals surface area (Å²) in [6, 6.07) is 4.32. The molecule has 6 heteroatoms. The second-order valence-corrected chi connectivity index (χ2v) is 9.78. The Morgan fingerprint density at radius 2 is 2.15 bits per heavy atom. The summed E-state index contributed by atoms with van der Waals surface area (Å²) in [5.74, 6) is 6.01. The molecule has 4 nitrogen and oxygen atoms in total. The van der Waals surface area contributed by atoms with Crippen molar-refractivity contribution < 1.29 is 4.74 Å². The average molecular weight is 398 g/mol. The van der Waals surface area contributed by atoms with Gasteiger partial charge in [0.15, 0.2) is 5.17 Å². The second kappa shape index (κ2) is 7.31. The fraction of sp³-hybridized carbons (Fsp3) is 0.429. The van der Waals surface area contributed by atoms with Crippen LogP contribution in [0.1, 0.15) is 43.6 Å². The average Bonchev–Trinajstić information content (AvgIpc) is 3.13. The van der Waals surface area contributed by atoms with E-state index in [2.05, 4.69) is 41.3 Å². The third-order valence-corrected chi connectivity index (χ3v) is 7.48. The van der Waals surface area contributed by atoms with Gasteiger partial charge in [-0.15, -0.1) is 17.3 Å². The molecule has 0 saturated carbocycles. The van der Waals surface area contributed by atoms with Crippen molar-refractivity contribution in [3.05, 3.63) is 40.3 Å². The normalized spacial score (nSPS) is 27.7. The molecule has 4 heterocycles. The highest BCUT2D eigenvalue weighted by Crippen LogP contribution is 2.50. The Balaban J connectivity index is 1.66. The van der Waals surface area contributed by atoms with Crippen LogP contribution in [-0.4, -0.2) is 28.1 Å².